The molecule has 0 unspecified atom stereocenters. The molecule has 0 fully saturated rings. The van der Waals surface area contributed by atoms with E-state index in [4.69, 9.17) is 5.53 Å². The molecule has 0 atom stereocenters. The summed E-state index contributed by atoms with van der Waals surface area (Å²) in [5, 5.41) is 24.9. The average Bonchev–Trinajstić information content (AvgIpc) is 2.78. The van der Waals surface area contributed by atoms with Crippen LogP contribution in [0.4, 0.5) is 22.7 Å². The van der Waals surface area contributed by atoms with Gasteiger partial charge in [0, 0.05) is 11.0 Å². The van der Waals surface area contributed by atoms with Gasteiger partial charge in [-0.2, -0.15) is 10.2 Å². The molecule has 8 heteroatoms. The Hall–Kier alpha value is -4.55. The Morgan fingerprint density at radius 3 is 2.23 bits per heavy atom. The Morgan fingerprint density at radius 1 is 0.767 bits per heavy atom. The Morgan fingerprint density at radius 2 is 1.50 bits per heavy atom. The molecule has 0 N–H and O–H groups in total. The number of azo groups is 1. The van der Waals surface area contributed by atoms with Gasteiger partial charge in [-0.3, -0.25) is 10.1 Å². The number of nitro benzene ring substituents is 1. The second-order valence-electron chi connectivity index (χ2n) is 6.33. The standard InChI is InChI=1S/C22H14N6O2/c23-27-26-22-19(11-6-12-20(22)25-24-15-7-2-1-3-8-15)17-13-14-21(28(29)30)18-10-5-4-9-16(17)18/h1-14H. The first kappa shape index (κ1) is 18.8. The number of rotatable bonds is 5. The van der Waals surface area contributed by atoms with Gasteiger partial charge in [0.15, 0.2) is 0 Å². The molecule has 0 saturated heterocycles. The van der Waals surface area contributed by atoms with Crippen molar-refractivity contribution in [1.29, 1.82) is 0 Å². The van der Waals surface area contributed by atoms with E-state index < -0.39 is 4.92 Å². The van der Waals surface area contributed by atoms with Crippen molar-refractivity contribution < 1.29 is 4.92 Å². The largest absolute Gasteiger partial charge is 0.277 e. The summed E-state index contributed by atoms with van der Waals surface area (Å²) in [4.78, 5) is 14.0. The quantitative estimate of drug-likeness (QED) is 0.113. The van der Waals surface area contributed by atoms with E-state index in [1.165, 1.54) is 6.07 Å². The monoisotopic (exact) mass is 394 g/mol. The zero-order valence-corrected chi connectivity index (χ0v) is 15.6. The minimum Gasteiger partial charge on any atom is -0.258 e. The van der Waals surface area contributed by atoms with Crippen molar-refractivity contribution in [2.24, 2.45) is 15.3 Å². The molecule has 8 nitrogen and oxygen atoms in total. The summed E-state index contributed by atoms with van der Waals surface area (Å²) in [6.07, 6.45) is 0. The van der Waals surface area contributed by atoms with Gasteiger partial charge >= 0.3 is 0 Å². The van der Waals surface area contributed by atoms with Gasteiger partial charge in [-0.1, -0.05) is 53.6 Å². The van der Waals surface area contributed by atoms with Crippen LogP contribution in [-0.2, 0) is 0 Å². The van der Waals surface area contributed by atoms with Crippen molar-refractivity contribution in [1.82, 2.24) is 0 Å². The number of benzene rings is 4. The Balaban J connectivity index is 1.92. The van der Waals surface area contributed by atoms with E-state index in [-0.39, 0.29) is 5.69 Å². The van der Waals surface area contributed by atoms with E-state index in [2.05, 4.69) is 20.3 Å². The summed E-state index contributed by atoms with van der Waals surface area (Å²) in [5.41, 5.74) is 11.8. The number of non-ortho nitro benzene ring substituents is 1. The molecule has 144 valence electrons. The third-order valence-electron chi connectivity index (χ3n) is 4.58. The fourth-order valence-electron chi connectivity index (χ4n) is 3.26. The maximum absolute atomic E-state index is 11.4. The zero-order valence-electron chi connectivity index (χ0n) is 15.6. The van der Waals surface area contributed by atoms with Crippen LogP contribution in [0.5, 0.6) is 0 Å². The summed E-state index contributed by atoms with van der Waals surface area (Å²) < 4.78 is 0. The van der Waals surface area contributed by atoms with E-state index in [0.29, 0.717) is 39.0 Å². The van der Waals surface area contributed by atoms with Crippen molar-refractivity contribution in [3.05, 3.63) is 105 Å². The molecular weight excluding hydrogens is 380 g/mol. The number of azide groups is 1. The highest BCUT2D eigenvalue weighted by Gasteiger charge is 2.17. The molecule has 30 heavy (non-hydrogen) atoms. The van der Waals surface area contributed by atoms with Gasteiger partial charge in [0.25, 0.3) is 5.69 Å². The normalized spacial score (nSPS) is 10.8. The molecule has 0 aliphatic heterocycles. The van der Waals surface area contributed by atoms with Crippen LogP contribution in [0, 0.1) is 10.1 Å². The lowest BCUT2D eigenvalue weighted by Crippen LogP contribution is -1.91. The van der Waals surface area contributed by atoms with Gasteiger partial charge in [0.1, 0.15) is 0 Å². The number of hydrogen-bond donors (Lipinski definition) is 0. The molecule has 0 aromatic heterocycles. The van der Waals surface area contributed by atoms with E-state index in [9.17, 15) is 10.1 Å². The fraction of sp³-hybridized carbons (Fsp3) is 0. The first-order valence-corrected chi connectivity index (χ1v) is 9.00. The van der Waals surface area contributed by atoms with Crippen LogP contribution in [0.1, 0.15) is 0 Å². The van der Waals surface area contributed by atoms with Gasteiger partial charge in [-0.15, -0.1) is 0 Å². The number of nitro groups is 1. The highest BCUT2D eigenvalue weighted by Crippen LogP contribution is 2.43. The second-order valence-corrected chi connectivity index (χ2v) is 6.33. The molecule has 0 heterocycles. The number of fused-ring (bicyclic) bond motifs is 1. The lowest BCUT2D eigenvalue weighted by molar-refractivity contribution is -0.383. The van der Waals surface area contributed by atoms with E-state index in [1.54, 1.807) is 42.5 Å². The first-order chi connectivity index (χ1) is 14.7. The van der Waals surface area contributed by atoms with E-state index >= 15 is 0 Å². The maximum atomic E-state index is 11.4. The molecule has 0 aliphatic carbocycles. The Labute approximate surface area is 170 Å². The van der Waals surface area contributed by atoms with Crippen molar-refractivity contribution in [3.8, 4) is 11.1 Å². The first-order valence-electron chi connectivity index (χ1n) is 9.00. The van der Waals surface area contributed by atoms with Crippen LogP contribution in [0.15, 0.2) is 100 Å². The summed E-state index contributed by atoms with van der Waals surface area (Å²) in [7, 11) is 0. The Kier molecular flexibility index (Phi) is 5.15. The van der Waals surface area contributed by atoms with Crippen molar-refractivity contribution in [2.45, 2.75) is 0 Å². The Bertz CT molecular complexity index is 1330. The molecule has 0 radical (unpaired) electrons. The summed E-state index contributed by atoms with van der Waals surface area (Å²) in [5.74, 6) is 0. The summed E-state index contributed by atoms with van der Waals surface area (Å²) in [6, 6.07) is 24.6. The molecular formula is C22H14N6O2. The van der Waals surface area contributed by atoms with Gasteiger partial charge in [-0.25, -0.2) is 0 Å². The molecule has 0 spiro atoms. The summed E-state index contributed by atoms with van der Waals surface area (Å²) >= 11 is 0. The lowest BCUT2D eigenvalue weighted by Gasteiger charge is -2.11. The molecule has 4 aromatic rings. The van der Waals surface area contributed by atoms with Gasteiger partial charge in [0.05, 0.1) is 27.4 Å². The minimum absolute atomic E-state index is 0.0135. The molecule has 0 amide bonds. The molecule has 4 rings (SSSR count). The van der Waals surface area contributed by atoms with Crippen molar-refractivity contribution in [3.63, 3.8) is 0 Å². The number of hydrogen-bond acceptors (Lipinski definition) is 5. The van der Waals surface area contributed by atoms with Gasteiger partial charge in [-0.05, 0) is 52.4 Å². The van der Waals surface area contributed by atoms with Crippen LogP contribution >= 0.6 is 0 Å². The van der Waals surface area contributed by atoms with Crippen LogP contribution in [0.25, 0.3) is 32.3 Å². The number of nitrogens with zero attached hydrogens (tertiary/aromatic N) is 6. The van der Waals surface area contributed by atoms with Crippen LogP contribution in [0.2, 0.25) is 0 Å². The third-order valence-corrected chi connectivity index (χ3v) is 4.58. The topological polar surface area (TPSA) is 117 Å². The molecule has 4 aromatic carbocycles. The molecule has 0 saturated carbocycles. The maximum Gasteiger partial charge on any atom is 0.277 e. The highest BCUT2D eigenvalue weighted by atomic mass is 16.6. The van der Waals surface area contributed by atoms with Crippen LogP contribution in [0.3, 0.4) is 0 Å². The predicted octanol–water partition coefficient (Wildman–Crippen LogP) is 7.77. The highest BCUT2D eigenvalue weighted by molar-refractivity contribution is 6.04. The smallest absolute Gasteiger partial charge is 0.258 e. The SMILES string of the molecule is [N-]=[N+]=Nc1c(N=Nc2ccccc2)cccc1-c1ccc([N+](=O)[O-])c2ccccc12. The summed E-state index contributed by atoms with van der Waals surface area (Å²) in [6.45, 7) is 0. The predicted molar refractivity (Wildman–Crippen MR) is 115 cm³/mol. The molecule has 0 aliphatic rings. The van der Waals surface area contributed by atoms with Crippen molar-refractivity contribution >= 4 is 33.5 Å². The van der Waals surface area contributed by atoms with Crippen LogP contribution in [-0.4, -0.2) is 4.92 Å². The van der Waals surface area contributed by atoms with Gasteiger partial charge < -0.3 is 0 Å². The lowest BCUT2D eigenvalue weighted by atomic mass is 9.95. The van der Waals surface area contributed by atoms with E-state index in [1.807, 2.05) is 36.4 Å². The van der Waals surface area contributed by atoms with Crippen molar-refractivity contribution in [2.75, 3.05) is 0 Å². The van der Waals surface area contributed by atoms with Gasteiger partial charge in [0.2, 0.25) is 0 Å². The minimum atomic E-state index is -0.412. The second kappa shape index (κ2) is 8.22. The third kappa shape index (κ3) is 3.58. The van der Waals surface area contributed by atoms with Crippen LogP contribution < -0.4 is 0 Å². The zero-order chi connectivity index (χ0) is 20.9. The fourth-order valence-corrected chi connectivity index (χ4v) is 3.26. The van der Waals surface area contributed by atoms with E-state index in [0.717, 1.165) is 0 Å². The average molecular weight is 394 g/mol. The molecule has 0 bridgehead atoms.